The van der Waals surface area contributed by atoms with Crippen LogP contribution in [0.2, 0.25) is 0 Å². The minimum absolute atomic E-state index is 0.276. The Kier molecular flexibility index (Phi) is 4.90. The van der Waals surface area contributed by atoms with Gasteiger partial charge in [0, 0.05) is 40.1 Å². The lowest BCUT2D eigenvalue weighted by molar-refractivity contribution is 0.238. The molecule has 2 aromatic heterocycles. The van der Waals surface area contributed by atoms with E-state index in [0.717, 1.165) is 30.8 Å². The van der Waals surface area contributed by atoms with Crippen molar-refractivity contribution in [2.45, 2.75) is 32.2 Å². The summed E-state index contributed by atoms with van der Waals surface area (Å²) in [4.78, 5) is 13.4. The molecule has 1 unspecified atom stereocenters. The van der Waals surface area contributed by atoms with Crippen LogP contribution in [0.1, 0.15) is 36.8 Å². The van der Waals surface area contributed by atoms with Crippen LogP contribution in [0, 0.1) is 6.92 Å². The van der Waals surface area contributed by atoms with Crippen LogP contribution in [-0.2, 0) is 17.3 Å². The average molecular weight is 364 g/mol. The zero-order valence-corrected chi connectivity index (χ0v) is 15.9. The third-order valence-electron chi connectivity index (χ3n) is 4.46. The molecule has 3 heterocycles. The summed E-state index contributed by atoms with van der Waals surface area (Å²) >= 11 is 0. The smallest absolute Gasteiger partial charge is 0.282 e. The van der Waals surface area contributed by atoms with Crippen molar-refractivity contribution < 1.29 is 8.42 Å². The highest BCUT2D eigenvalue weighted by Crippen LogP contribution is 2.33. The Balaban J connectivity index is 2.05. The van der Waals surface area contributed by atoms with Crippen molar-refractivity contribution in [3.8, 4) is 11.5 Å². The fraction of sp³-hybridized carbons (Fsp3) is 0.562. The highest BCUT2D eigenvalue weighted by Gasteiger charge is 2.35. The molecular formula is C16H24N6O2S. The van der Waals surface area contributed by atoms with E-state index in [1.54, 1.807) is 24.6 Å². The number of hydrogen-bond donors (Lipinski definition) is 0. The third-order valence-corrected chi connectivity index (χ3v) is 6.41. The Labute approximate surface area is 148 Å². The van der Waals surface area contributed by atoms with Crippen molar-refractivity contribution in [2.75, 3.05) is 20.6 Å². The largest absolute Gasteiger partial charge is 0.333 e. The van der Waals surface area contributed by atoms with E-state index in [9.17, 15) is 8.42 Å². The molecule has 0 radical (unpaired) electrons. The molecule has 1 aliphatic rings. The SMILES string of the molecule is Cc1nc(-c2nccn2C)cc(C2CCCCN2S(=O)(=O)N(C)C)n1. The maximum atomic E-state index is 12.7. The molecule has 3 rings (SSSR count). The van der Waals surface area contributed by atoms with E-state index in [1.165, 1.54) is 4.31 Å². The summed E-state index contributed by atoms with van der Waals surface area (Å²) in [6, 6.07) is 1.59. The minimum Gasteiger partial charge on any atom is -0.333 e. The van der Waals surface area contributed by atoms with Gasteiger partial charge < -0.3 is 4.57 Å². The molecule has 0 N–H and O–H groups in total. The van der Waals surface area contributed by atoms with Crippen molar-refractivity contribution in [1.29, 1.82) is 0 Å². The van der Waals surface area contributed by atoms with Crippen LogP contribution in [-0.4, -0.2) is 57.2 Å². The highest BCUT2D eigenvalue weighted by atomic mass is 32.2. The quantitative estimate of drug-likeness (QED) is 0.821. The number of aromatic nitrogens is 4. The molecule has 8 nitrogen and oxygen atoms in total. The second-order valence-electron chi connectivity index (χ2n) is 6.50. The van der Waals surface area contributed by atoms with E-state index in [1.807, 2.05) is 30.8 Å². The fourth-order valence-corrected chi connectivity index (χ4v) is 4.49. The van der Waals surface area contributed by atoms with Crippen molar-refractivity contribution in [3.05, 3.63) is 30.0 Å². The van der Waals surface area contributed by atoms with Gasteiger partial charge >= 0.3 is 0 Å². The maximum Gasteiger partial charge on any atom is 0.282 e. The van der Waals surface area contributed by atoms with Crippen molar-refractivity contribution >= 4 is 10.2 Å². The van der Waals surface area contributed by atoms with Gasteiger partial charge in [0.05, 0.1) is 11.7 Å². The molecule has 0 aromatic carbocycles. The van der Waals surface area contributed by atoms with Gasteiger partial charge in [-0.15, -0.1) is 0 Å². The zero-order valence-electron chi connectivity index (χ0n) is 15.0. The van der Waals surface area contributed by atoms with Crippen LogP contribution >= 0.6 is 0 Å². The molecular weight excluding hydrogens is 340 g/mol. The van der Waals surface area contributed by atoms with E-state index in [-0.39, 0.29) is 6.04 Å². The van der Waals surface area contributed by atoms with Crippen molar-refractivity contribution in [1.82, 2.24) is 28.1 Å². The number of rotatable bonds is 4. The molecule has 136 valence electrons. The zero-order chi connectivity index (χ0) is 18.2. The van der Waals surface area contributed by atoms with E-state index in [2.05, 4.69) is 15.0 Å². The molecule has 0 saturated carbocycles. The lowest BCUT2D eigenvalue weighted by Crippen LogP contribution is -2.44. The predicted molar refractivity (Wildman–Crippen MR) is 94.9 cm³/mol. The molecule has 25 heavy (non-hydrogen) atoms. The second kappa shape index (κ2) is 6.81. The summed E-state index contributed by atoms with van der Waals surface area (Å²) in [6.07, 6.45) is 6.17. The number of nitrogens with zero attached hydrogens (tertiary/aromatic N) is 6. The normalized spacial score (nSPS) is 19.5. The molecule has 2 aromatic rings. The number of hydrogen-bond acceptors (Lipinski definition) is 5. The summed E-state index contributed by atoms with van der Waals surface area (Å²) in [5.41, 5.74) is 1.44. The summed E-state index contributed by atoms with van der Waals surface area (Å²) in [5.74, 6) is 1.35. The van der Waals surface area contributed by atoms with Crippen molar-refractivity contribution in [3.63, 3.8) is 0 Å². The van der Waals surface area contributed by atoms with Gasteiger partial charge in [-0.3, -0.25) is 0 Å². The van der Waals surface area contributed by atoms with Gasteiger partial charge in [-0.1, -0.05) is 6.42 Å². The molecule has 1 fully saturated rings. The van der Waals surface area contributed by atoms with Gasteiger partial charge in [0.15, 0.2) is 5.82 Å². The van der Waals surface area contributed by atoms with Crippen molar-refractivity contribution in [2.24, 2.45) is 7.05 Å². The van der Waals surface area contributed by atoms with Crippen LogP contribution in [0.15, 0.2) is 18.5 Å². The first kappa shape index (κ1) is 18.0. The molecule has 0 spiro atoms. The molecule has 0 bridgehead atoms. The summed E-state index contributed by atoms with van der Waals surface area (Å²) in [6.45, 7) is 2.33. The van der Waals surface area contributed by atoms with Gasteiger partial charge in [0.1, 0.15) is 11.5 Å². The Morgan fingerprint density at radius 2 is 2.00 bits per heavy atom. The Bertz CT molecular complexity index is 861. The van der Waals surface area contributed by atoms with Gasteiger partial charge in [-0.2, -0.15) is 17.0 Å². The highest BCUT2D eigenvalue weighted by molar-refractivity contribution is 7.86. The molecule has 1 atom stereocenters. The first-order valence-electron chi connectivity index (χ1n) is 8.33. The topological polar surface area (TPSA) is 84.2 Å². The first-order valence-corrected chi connectivity index (χ1v) is 9.73. The summed E-state index contributed by atoms with van der Waals surface area (Å²) in [7, 11) is 1.53. The van der Waals surface area contributed by atoms with Crippen LogP contribution < -0.4 is 0 Å². The third kappa shape index (κ3) is 3.44. The van der Waals surface area contributed by atoms with E-state index >= 15 is 0 Å². The monoisotopic (exact) mass is 364 g/mol. The van der Waals surface area contributed by atoms with Gasteiger partial charge in [-0.05, 0) is 25.8 Å². The Morgan fingerprint density at radius 3 is 2.64 bits per heavy atom. The van der Waals surface area contributed by atoms with E-state index in [0.29, 0.717) is 18.1 Å². The summed E-state index contributed by atoms with van der Waals surface area (Å²) in [5, 5.41) is 0. The Hall–Kier alpha value is -1.84. The van der Waals surface area contributed by atoms with Crippen LogP contribution in [0.4, 0.5) is 0 Å². The average Bonchev–Trinajstić information content (AvgIpc) is 3.00. The lowest BCUT2D eigenvalue weighted by atomic mass is 10.0. The van der Waals surface area contributed by atoms with Crippen LogP contribution in [0.5, 0.6) is 0 Å². The van der Waals surface area contributed by atoms with Gasteiger partial charge in [0.25, 0.3) is 10.2 Å². The molecule has 0 amide bonds. The molecule has 9 heteroatoms. The van der Waals surface area contributed by atoms with Gasteiger partial charge in [-0.25, -0.2) is 15.0 Å². The summed E-state index contributed by atoms with van der Waals surface area (Å²) < 4.78 is 30.1. The van der Waals surface area contributed by atoms with Crippen LogP contribution in [0.25, 0.3) is 11.5 Å². The van der Waals surface area contributed by atoms with Gasteiger partial charge in [0.2, 0.25) is 0 Å². The molecule has 1 aliphatic heterocycles. The molecule has 1 saturated heterocycles. The Morgan fingerprint density at radius 1 is 1.24 bits per heavy atom. The number of piperidine rings is 1. The second-order valence-corrected chi connectivity index (χ2v) is 8.59. The molecule has 0 aliphatic carbocycles. The first-order chi connectivity index (χ1) is 11.8. The number of imidazole rings is 1. The standard InChI is InChI=1S/C16H24N6O2S/c1-12-18-13(11-14(19-12)16-17-8-10-21(16)4)15-7-5-6-9-22(15)25(23,24)20(2)3/h8,10-11,15H,5-7,9H2,1-4H3. The van der Waals surface area contributed by atoms with E-state index in [4.69, 9.17) is 0 Å². The predicted octanol–water partition coefficient (Wildman–Crippen LogP) is 1.52. The maximum absolute atomic E-state index is 12.7. The minimum atomic E-state index is -3.50. The lowest BCUT2D eigenvalue weighted by Gasteiger charge is -2.35. The van der Waals surface area contributed by atoms with E-state index < -0.39 is 10.2 Å². The number of aryl methyl sites for hydroxylation is 2. The fourth-order valence-electron chi connectivity index (χ4n) is 3.17. The van der Waals surface area contributed by atoms with Crippen LogP contribution in [0.3, 0.4) is 0 Å².